The van der Waals surface area contributed by atoms with E-state index in [0.29, 0.717) is 0 Å². The molecule has 0 heteroatoms. The number of hydrogen-bond acceptors (Lipinski definition) is 0. The van der Waals surface area contributed by atoms with Gasteiger partial charge < -0.3 is 0 Å². The Bertz CT molecular complexity index is 281. The molecule has 2 aliphatic rings. The van der Waals surface area contributed by atoms with Crippen molar-refractivity contribution in [2.75, 3.05) is 0 Å². The van der Waals surface area contributed by atoms with Crippen LogP contribution >= 0.6 is 0 Å². The van der Waals surface area contributed by atoms with Gasteiger partial charge in [-0.25, -0.2) is 0 Å². The zero-order valence-corrected chi connectivity index (χ0v) is 7.72. The lowest BCUT2D eigenvalue weighted by Crippen LogP contribution is -2.04. The lowest BCUT2D eigenvalue weighted by molar-refractivity contribution is 0.836. The molecule has 1 fully saturated rings. The molecule has 0 saturated heterocycles. The summed E-state index contributed by atoms with van der Waals surface area (Å²) >= 11 is 0. The molecule has 2 aliphatic carbocycles. The molecular weight excluding hydrogens is 144 g/mol. The molecule has 0 amide bonds. The maximum Gasteiger partial charge on any atom is 0.147 e. The highest BCUT2D eigenvalue weighted by molar-refractivity contribution is 5.51. The van der Waals surface area contributed by atoms with Crippen molar-refractivity contribution >= 4 is 0 Å². The summed E-state index contributed by atoms with van der Waals surface area (Å²) in [7, 11) is 0. The fourth-order valence-electron chi connectivity index (χ4n) is 1.49. The quantitative estimate of drug-likeness (QED) is 0.474. The minimum Gasteiger partial charge on any atom is -0.0207 e. The van der Waals surface area contributed by atoms with E-state index in [4.69, 9.17) is 0 Å². The Morgan fingerprint density at radius 3 is 2.42 bits per heavy atom. The molecule has 0 spiro atoms. The van der Waals surface area contributed by atoms with Crippen molar-refractivity contribution in [3.05, 3.63) is 47.3 Å². The lowest BCUT2D eigenvalue weighted by Gasteiger charge is -2.09. The lowest BCUT2D eigenvalue weighted by atomic mass is 9.83. The second kappa shape index (κ2) is 2.78. The van der Waals surface area contributed by atoms with Crippen molar-refractivity contribution in [3.8, 4) is 0 Å². The van der Waals surface area contributed by atoms with Gasteiger partial charge >= 0.3 is 0 Å². The Balaban J connectivity index is 2.24. The zero-order valence-electron chi connectivity index (χ0n) is 7.72. The highest BCUT2D eigenvalue weighted by atomic mass is 14.2. The number of allylic oxidation sites excluding steroid dienone is 6. The molecule has 0 aromatic rings. The SMILES string of the molecule is CC1=C[CH+]C(=C2C[CH+]C2)C=C1C. The van der Waals surface area contributed by atoms with E-state index in [1.807, 2.05) is 0 Å². The van der Waals surface area contributed by atoms with Crippen LogP contribution < -0.4 is 0 Å². The average Bonchev–Trinajstić information content (AvgIpc) is 1.93. The van der Waals surface area contributed by atoms with Gasteiger partial charge in [0.2, 0.25) is 0 Å². The van der Waals surface area contributed by atoms with E-state index in [0.717, 1.165) is 0 Å². The van der Waals surface area contributed by atoms with Crippen LogP contribution in [0, 0.1) is 12.8 Å². The summed E-state index contributed by atoms with van der Waals surface area (Å²) < 4.78 is 0. The van der Waals surface area contributed by atoms with E-state index in [2.05, 4.69) is 38.8 Å². The Morgan fingerprint density at radius 1 is 1.17 bits per heavy atom. The molecule has 0 nitrogen and oxygen atoms in total. The van der Waals surface area contributed by atoms with Gasteiger partial charge in [0.1, 0.15) is 30.4 Å². The maximum absolute atomic E-state index is 2.32. The molecule has 0 N–H and O–H groups in total. The van der Waals surface area contributed by atoms with Crippen LogP contribution in [0.25, 0.3) is 0 Å². The van der Waals surface area contributed by atoms with Crippen LogP contribution in [0.3, 0.4) is 0 Å². The predicted octanol–water partition coefficient (Wildman–Crippen LogP) is 3.39. The summed E-state index contributed by atoms with van der Waals surface area (Å²) in [5, 5.41) is 0. The minimum atomic E-state index is 1.20. The monoisotopic (exact) mass is 158 g/mol. The van der Waals surface area contributed by atoms with Crippen LogP contribution in [0.1, 0.15) is 26.7 Å². The Hall–Kier alpha value is -1.04. The summed E-state index contributed by atoms with van der Waals surface area (Å²) in [5.41, 5.74) is 5.84. The molecule has 0 aromatic carbocycles. The van der Waals surface area contributed by atoms with Crippen LogP contribution in [-0.2, 0) is 0 Å². The van der Waals surface area contributed by atoms with Crippen molar-refractivity contribution < 1.29 is 0 Å². The smallest absolute Gasteiger partial charge is 0.0207 e. The van der Waals surface area contributed by atoms with Crippen LogP contribution in [0.4, 0.5) is 0 Å². The van der Waals surface area contributed by atoms with Crippen LogP contribution in [0.5, 0.6) is 0 Å². The van der Waals surface area contributed by atoms with Crippen molar-refractivity contribution in [3.63, 3.8) is 0 Å². The standard InChI is InChI=1S/C12H14/c1-9-6-7-12(8-10(9)2)11-4-3-5-11/h3,6-8H,4-5H2,1-2H3/q+2. The fraction of sp³-hybridized carbons (Fsp3) is 0.333. The van der Waals surface area contributed by atoms with E-state index in [-0.39, 0.29) is 0 Å². The normalized spacial score (nSPS) is 21.8. The molecule has 2 rings (SSSR count). The van der Waals surface area contributed by atoms with E-state index in [1.54, 1.807) is 5.57 Å². The predicted molar refractivity (Wildman–Crippen MR) is 52.4 cm³/mol. The van der Waals surface area contributed by atoms with Gasteiger partial charge in [-0.3, -0.25) is 0 Å². The Kier molecular flexibility index (Phi) is 1.76. The van der Waals surface area contributed by atoms with Crippen molar-refractivity contribution in [1.82, 2.24) is 0 Å². The molecule has 0 aliphatic heterocycles. The van der Waals surface area contributed by atoms with E-state index in [1.165, 1.54) is 29.6 Å². The molecule has 0 atom stereocenters. The topological polar surface area (TPSA) is 0 Å². The van der Waals surface area contributed by atoms with E-state index < -0.39 is 0 Å². The highest BCUT2D eigenvalue weighted by Gasteiger charge is 2.28. The third-order valence-electron chi connectivity index (χ3n) is 2.70. The third-order valence-corrected chi connectivity index (χ3v) is 2.70. The molecule has 60 valence electrons. The summed E-state index contributed by atoms with van der Waals surface area (Å²) in [6.45, 7) is 4.35. The first kappa shape index (κ1) is 7.60. The first-order valence-electron chi connectivity index (χ1n) is 4.51. The summed E-state index contributed by atoms with van der Waals surface area (Å²) in [6.07, 6.45) is 11.5. The first-order valence-corrected chi connectivity index (χ1v) is 4.51. The Labute approximate surface area is 74.7 Å². The van der Waals surface area contributed by atoms with Crippen LogP contribution in [-0.4, -0.2) is 0 Å². The summed E-state index contributed by atoms with van der Waals surface area (Å²) in [5.74, 6) is 0. The van der Waals surface area contributed by atoms with Gasteiger partial charge in [-0.05, 0) is 13.8 Å². The molecule has 0 radical (unpaired) electrons. The fourth-order valence-corrected chi connectivity index (χ4v) is 1.49. The van der Waals surface area contributed by atoms with Crippen molar-refractivity contribution in [2.45, 2.75) is 26.7 Å². The average molecular weight is 158 g/mol. The van der Waals surface area contributed by atoms with Gasteiger partial charge in [0, 0.05) is 29.7 Å². The summed E-state index contributed by atoms with van der Waals surface area (Å²) in [4.78, 5) is 0. The molecule has 12 heavy (non-hydrogen) atoms. The second-order valence-corrected chi connectivity index (χ2v) is 3.60. The van der Waals surface area contributed by atoms with Gasteiger partial charge in [-0.15, -0.1) is 0 Å². The van der Waals surface area contributed by atoms with Gasteiger partial charge in [0.15, 0.2) is 0 Å². The molecular formula is C12H14+2. The third kappa shape index (κ3) is 1.18. The number of hydrogen-bond donors (Lipinski definition) is 0. The van der Waals surface area contributed by atoms with Crippen LogP contribution in [0.2, 0.25) is 0 Å². The highest BCUT2D eigenvalue weighted by Crippen LogP contribution is 2.32. The van der Waals surface area contributed by atoms with Gasteiger partial charge in [-0.1, -0.05) is 0 Å². The molecule has 0 heterocycles. The Morgan fingerprint density at radius 2 is 1.92 bits per heavy atom. The van der Waals surface area contributed by atoms with Crippen molar-refractivity contribution in [2.24, 2.45) is 0 Å². The maximum atomic E-state index is 2.32. The van der Waals surface area contributed by atoms with Gasteiger partial charge in [0.05, 0.1) is 0 Å². The summed E-state index contributed by atoms with van der Waals surface area (Å²) in [6, 6.07) is 0. The van der Waals surface area contributed by atoms with Crippen molar-refractivity contribution in [1.29, 1.82) is 0 Å². The molecule has 0 bridgehead atoms. The van der Waals surface area contributed by atoms with Gasteiger partial charge in [0.25, 0.3) is 0 Å². The van der Waals surface area contributed by atoms with E-state index >= 15 is 0 Å². The largest absolute Gasteiger partial charge is 0.147 e. The molecule has 0 unspecified atom stereocenters. The second-order valence-electron chi connectivity index (χ2n) is 3.60. The zero-order chi connectivity index (χ0) is 8.55. The first-order chi connectivity index (χ1) is 5.77. The van der Waals surface area contributed by atoms with Gasteiger partial charge in [-0.2, -0.15) is 0 Å². The minimum absolute atomic E-state index is 1.20. The molecule has 1 saturated carbocycles. The molecule has 0 aromatic heterocycles. The number of rotatable bonds is 0. The van der Waals surface area contributed by atoms with Crippen LogP contribution in [0.15, 0.2) is 34.4 Å². The van der Waals surface area contributed by atoms with E-state index in [9.17, 15) is 0 Å².